The minimum absolute atomic E-state index is 0.302. The molecule has 2 heterocycles. The zero-order valence-electron chi connectivity index (χ0n) is 12.3. The summed E-state index contributed by atoms with van der Waals surface area (Å²) in [6.45, 7) is 0. The molecule has 0 spiro atoms. The molecule has 5 aromatic rings. The molecule has 6 nitrogen and oxygen atoms in total. The molecular weight excluding hydrogens is 306 g/mol. The zero-order valence-corrected chi connectivity index (χ0v) is 12.3. The number of non-ortho nitro benzene ring substituents is 1. The van der Waals surface area contributed by atoms with Crippen LogP contribution in [0.2, 0.25) is 0 Å². The van der Waals surface area contributed by atoms with Crippen LogP contribution in [0.25, 0.3) is 38.2 Å². The van der Waals surface area contributed by atoms with Gasteiger partial charge >= 0.3 is 5.69 Å². The average molecular weight is 315 g/mol. The van der Waals surface area contributed by atoms with Crippen molar-refractivity contribution in [3.8, 4) is 0 Å². The number of aromatic nitrogens is 2. The molecule has 0 saturated heterocycles. The molecular formula is C18H9N3O3. The van der Waals surface area contributed by atoms with Crippen molar-refractivity contribution >= 4 is 43.9 Å². The first kappa shape index (κ1) is 13.0. The fourth-order valence-electron chi connectivity index (χ4n) is 3.38. The largest absolute Gasteiger partial charge is 0.319 e. The highest BCUT2D eigenvalue weighted by Crippen LogP contribution is 2.30. The van der Waals surface area contributed by atoms with E-state index in [9.17, 15) is 14.9 Å². The van der Waals surface area contributed by atoms with E-state index in [1.54, 1.807) is 16.5 Å². The maximum absolute atomic E-state index is 12.8. The Morgan fingerprint density at radius 2 is 1.83 bits per heavy atom. The van der Waals surface area contributed by atoms with E-state index in [4.69, 9.17) is 0 Å². The molecule has 0 bridgehead atoms. The van der Waals surface area contributed by atoms with Crippen LogP contribution in [0.3, 0.4) is 0 Å². The van der Waals surface area contributed by atoms with E-state index < -0.39 is 16.0 Å². The van der Waals surface area contributed by atoms with Gasteiger partial charge in [0.1, 0.15) is 11.2 Å². The number of hydrogen-bond acceptors (Lipinski definition) is 4. The smallest absolute Gasteiger partial charge is 0.296 e. The molecule has 24 heavy (non-hydrogen) atoms. The summed E-state index contributed by atoms with van der Waals surface area (Å²) in [6, 6.07) is 14.4. The average Bonchev–Trinajstić information content (AvgIpc) is 2.95. The Balaban J connectivity index is 2.19. The van der Waals surface area contributed by atoms with Crippen molar-refractivity contribution in [1.82, 2.24) is 9.38 Å². The van der Waals surface area contributed by atoms with Crippen molar-refractivity contribution in [2.75, 3.05) is 0 Å². The van der Waals surface area contributed by atoms with Crippen molar-refractivity contribution in [1.29, 1.82) is 0 Å². The molecule has 0 fully saturated rings. The summed E-state index contributed by atoms with van der Waals surface area (Å²) in [5.41, 5.74) is 0.585. The third kappa shape index (κ3) is 1.49. The fourth-order valence-corrected chi connectivity index (χ4v) is 3.38. The second-order valence-corrected chi connectivity index (χ2v) is 5.73. The zero-order chi connectivity index (χ0) is 16.4. The standard InChI is InChI=1S/C18H9N3O3/c22-17-14(21(23)24)8-10-5-3-7-13-15(10)16(17)20-9-11-4-1-2-6-12(11)18(20)19-13/h1-9H. The molecule has 3 aromatic carbocycles. The molecule has 5 rings (SSSR count). The lowest BCUT2D eigenvalue weighted by Crippen LogP contribution is -2.12. The molecule has 0 aliphatic heterocycles. The normalized spacial score (nSPS) is 11.8. The Morgan fingerprint density at radius 3 is 2.67 bits per heavy atom. The van der Waals surface area contributed by atoms with Crippen molar-refractivity contribution < 1.29 is 4.92 Å². The third-order valence-corrected chi connectivity index (χ3v) is 4.41. The predicted octanol–water partition coefficient (Wildman–Crippen LogP) is 3.50. The predicted molar refractivity (Wildman–Crippen MR) is 91.8 cm³/mol. The first-order chi connectivity index (χ1) is 11.6. The Labute approximate surface area is 134 Å². The molecule has 0 radical (unpaired) electrons. The Kier molecular flexibility index (Phi) is 2.30. The Morgan fingerprint density at radius 1 is 1.04 bits per heavy atom. The molecule has 114 valence electrons. The van der Waals surface area contributed by atoms with Crippen LogP contribution in [-0.2, 0) is 0 Å². The van der Waals surface area contributed by atoms with Crippen LogP contribution < -0.4 is 5.43 Å². The molecule has 0 unspecified atom stereocenters. The van der Waals surface area contributed by atoms with Gasteiger partial charge in [0.15, 0.2) is 0 Å². The maximum atomic E-state index is 12.8. The fraction of sp³-hybridized carbons (Fsp3) is 0. The van der Waals surface area contributed by atoms with Crippen LogP contribution in [0.1, 0.15) is 0 Å². The SMILES string of the molecule is O=c1c([N+](=O)[O-])cc2cccc3nc4c5ccccc5cn4c1c23. The van der Waals surface area contributed by atoms with Gasteiger partial charge in [-0.05, 0) is 11.5 Å². The number of fused-ring (bicyclic) bond motifs is 4. The van der Waals surface area contributed by atoms with Crippen LogP contribution in [-0.4, -0.2) is 14.3 Å². The van der Waals surface area contributed by atoms with E-state index in [0.717, 1.165) is 10.8 Å². The maximum Gasteiger partial charge on any atom is 0.319 e. The van der Waals surface area contributed by atoms with E-state index >= 15 is 0 Å². The topological polar surface area (TPSA) is 77.5 Å². The van der Waals surface area contributed by atoms with E-state index in [1.165, 1.54) is 6.07 Å². The molecule has 2 aromatic heterocycles. The molecule has 0 aliphatic carbocycles. The number of nitro groups is 1. The highest BCUT2D eigenvalue weighted by Gasteiger charge is 2.21. The quantitative estimate of drug-likeness (QED) is 0.350. The van der Waals surface area contributed by atoms with Crippen molar-refractivity contribution in [3.05, 3.63) is 75.1 Å². The third-order valence-electron chi connectivity index (χ3n) is 4.41. The van der Waals surface area contributed by atoms with Gasteiger partial charge in [-0.3, -0.25) is 19.3 Å². The second kappa shape index (κ2) is 4.26. The van der Waals surface area contributed by atoms with Crippen LogP contribution in [0, 0.1) is 10.1 Å². The first-order valence-electron chi connectivity index (χ1n) is 7.38. The van der Waals surface area contributed by atoms with Gasteiger partial charge in [-0.1, -0.05) is 36.4 Å². The van der Waals surface area contributed by atoms with Gasteiger partial charge in [-0.15, -0.1) is 0 Å². The summed E-state index contributed by atoms with van der Waals surface area (Å²) in [7, 11) is 0. The van der Waals surface area contributed by atoms with Gasteiger partial charge < -0.3 is 0 Å². The van der Waals surface area contributed by atoms with Gasteiger partial charge in [0.25, 0.3) is 5.43 Å². The first-order valence-corrected chi connectivity index (χ1v) is 7.38. The number of nitrogens with zero attached hydrogens (tertiary/aromatic N) is 3. The van der Waals surface area contributed by atoms with Gasteiger partial charge in [0.2, 0.25) is 0 Å². The number of hydrogen-bond donors (Lipinski definition) is 0. The van der Waals surface area contributed by atoms with E-state index in [1.807, 2.05) is 36.5 Å². The highest BCUT2D eigenvalue weighted by molar-refractivity contribution is 6.11. The summed E-state index contributed by atoms with van der Waals surface area (Å²) in [6.07, 6.45) is 1.81. The van der Waals surface area contributed by atoms with Crippen molar-refractivity contribution in [2.24, 2.45) is 0 Å². The molecule has 0 aliphatic rings. The van der Waals surface area contributed by atoms with Crippen LogP contribution >= 0.6 is 0 Å². The number of benzene rings is 3. The van der Waals surface area contributed by atoms with Crippen LogP contribution in [0.4, 0.5) is 5.69 Å². The summed E-state index contributed by atoms with van der Waals surface area (Å²) in [5, 5.41) is 14.4. The lowest BCUT2D eigenvalue weighted by Gasteiger charge is -2.07. The minimum Gasteiger partial charge on any atom is -0.296 e. The summed E-state index contributed by atoms with van der Waals surface area (Å²) in [5.74, 6) is 0. The highest BCUT2D eigenvalue weighted by atomic mass is 16.6. The van der Waals surface area contributed by atoms with Gasteiger partial charge in [-0.2, -0.15) is 0 Å². The van der Waals surface area contributed by atoms with Crippen molar-refractivity contribution in [3.63, 3.8) is 0 Å². The number of rotatable bonds is 1. The van der Waals surface area contributed by atoms with Gasteiger partial charge in [0.05, 0.1) is 10.4 Å². The van der Waals surface area contributed by atoms with E-state index in [2.05, 4.69) is 4.98 Å². The lowest BCUT2D eigenvalue weighted by atomic mass is 10.1. The lowest BCUT2D eigenvalue weighted by molar-refractivity contribution is -0.385. The molecule has 6 heteroatoms. The van der Waals surface area contributed by atoms with E-state index in [-0.39, 0.29) is 0 Å². The van der Waals surface area contributed by atoms with E-state index in [0.29, 0.717) is 27.5 Å². The van der Waals surface area contributed by atoms with Crippen molar-refractivity contribution in [2.45, 2.75) is 0 Å². The summed E-state index contributed by atoms with van der Waals surface area (Å²) >= 11 is 0. The Bertz CT molecular complexity index is 1350. The molecule has 0 N–H and O–H groups in total. The van der Waals surface area contributed by atoms with Gasteiger partial charge in [0, 0.05) is 28.4 Å². The molecule has 0 amide bonds. The van der Waals surface area contributed by atoms with Crippen LogP contribution in [0.15, 0.2) is 59.5 Å². The molecule has 0 saturated carbocycles. The Hall–Kier alpha value is -3.54. The van der Waals surface area contributed by atoms with Crippen LogP contribution in [0.5, 0.6) is 0 Å². The minimum atomic E-state index is -0.625. The summed E-state index contributed by atoms with van der Waals surface area (Å²) in [4.78, 5) is 28.1. The summed E-state index contributed by atoms with van der Waals surface area (Å²) < 4.78 is 1.68. The second-order valence-electron chi connectivity index (χ2n) is 5.73. The monoisotopic (exact) mass is 315 g/mol. The molecule has 0 atom stereocenters. The van der Waals surface area contributed by atoms with Gasteiger partial charge in [-0.25, -0.2) is 4.98 Å². The number of nitro benzene ring substituents is 1.